The van der Waals surface area contributed by atoms with Crippen molar-refractivity contribution in [2.45, 2.75) is 72.6 Å². The van der Waals surface area contributed by atoms with Crippen LogP contribution in [-0.4, -0.2) is 114 Å². The highest BCUT2D eigenvalue weighted by Gasteiger charge is 2.72. The maximum atomic E-state index is 12.7. The highest BCUT2D eigenvalue weighted by atomic mass is 16.7. The zero-order valence-corrected chi connectivity index (χ0v) is 28.7. The van der Waals surface area contributed by atoms with E-state index in [1.54, 1.807) is 18.2 Å². The van der Waals surface area contributed by atoms with E-state index in [1.165, 1.54) is 39.5 Å². The summed E-state index contributed by atoms with van der Waals surface area (Å²) in [6, 6.07) is 10.2. The second kappa shape index (κ2) is 12.1. The second-order valence-electron chi connectivity index (χ2n) is 13.8. The molecule has 3 aromatic rings. The van der Waals surface area contributed by atoms with Gasteiger partial charge in [0.2, 0.25) is 23.9 Å². The molecule has 4 aliphatic heterocycles. The van der Waals surface area contributed by atoms with E-state index in [2.05, 4.69) is 16.0 Å². The van der Waals surface area contributed by atoms with Crippen LogP contribution in [0.5, 0.6) is 34.5 Å². The number of benzene rings is 3. The Hall–Kier alpha value is -4.39. The predicted octanol–water partition coefficient (Wildman–Crippen LogP) is 0.373. The van der Waals surface area contributed by atoms with Gasteiger partial charge < -0.3 is 69.7 Å². The van der Waals surface area contributed by atoms with Gasteiger partial charge in [0, 0.05) is 29.8 Å². The lowest BCUT2D eigenvalue weighted by molar-refractivity contribution is -0.362. The van der Waals surface area contributed by atoms with Crippen molar-refractivity contribution in [2.24, 2.45) is 0 Å². The maximum absolute atomic E-state index is 12.7. The molecule has 1 aliphatic carbocycles. The van der Waals surface area contributed by atoms with E-state index < -0.39 is 59.6 Å². The summed E-state index contributed by atoms with van der Waals surface area (Å²) in [5.41, 5.74) is -2.97. The van der Waals surface area contributed by atoms with Gasteiger partial charge in [0.05, 0.1) is 20.3 Å². The Morgan fingerprint density at radius 3 is 2.50 bits per heavy atom. The number of nitrogens with one attached hydrogen (secondary N) is 3. The topological polar surface area (TPSA) is 230 Å². The summed E-state index contributed by atoms with van der Waals surface area (Å²) in [5.74, 6) is -0.282. The molecule has 2 saturated heterocycles. The van der Waals surface area contributed by atoms with Crippen LogP contribution in [0.25, 0.3) is 11.1 Å². The van der Waals surface area contributed by atoms with E-state index in [1.807, 2.05) is 13.1 Å². The highest BCUT2D eigenvalue weighted by Crippen LogP contribution is 2.67. The molecule has 4 heterocycles. The maximum Gasteiger partial charge on any atom is 0.340 e. The van der Waals surface area contributed by atoms with Gasteiger partial charge in [0.1, 0.15) is 34.9 Å². The number of methoxy groups -OCH3 is 2. The first-order valence-corrected chi connectivity index (χ1v) is 16.9. The van der Waals surface area contributed by atoms with Crippen molar-refractivity contribution in [3.8, 4) is 45.6 Å². The van der Waals surface area contributed by atoms with Crippen molar-refractivity contribution < 1.29 is 63.9 Å². The molecule has 8 rings (SSSR count). The number of carboxylic acids is 1. The molecule has 9 N–H and O–H groups in total. The number of phenolic OH excluding ortho intramolecular Hbond substituents is 1. The Balaban J connectivity index is 1.29. The van der Waals surface area contributed by atoms with E-state index in [-0.39, 0.29) is 29.8 Å². The minimum Gasteiger partial charge on any atom is -0.508 e. The van der Waals surface area contributed by atoms with Crippen molar-refractivity contribution in [3.05, 3.63) is 59.2 Å². The van der Waals surface area contributed by atoms with Gasteiger partial charge in [0.15, 0.2) is 23.3 Å². The largest absolute Gasteiger partial charge is 0.508 e. The number of aliphatic hydroxyl groups is 4. The first kappa shape index (κ1) is 34.7. The Morgan fingerprint density at radius 1 is 1.04 bits per heavy atom. The van der Waals surface area contributed by atoms with Crippen molar-refractivity contribution in [1.29, 1.82) is 0 Å². The van der Waals surface area contributed by atoms with Gasteiger partial charge in [-0.2, -0.15) is 0 Å². The SMILES string of the molecule is CN[C@H]1CC[C@]23c4c1cc(OC)c(OC)c4O[C@H]2c1c(cc(O[C@H]2O[C@@]4(C(=O)O)[C@@H](NC)CN[C@](O)([C@H]2O)[C@@H]4O)cc1-c1cccc(O)c1)O[C@H]3O. The molecule has 5 aliphatic rings. The third-order valence-electron chi connectivity index (χ3n) is 11.5. The molecule has 52 heavy (non-hydrogen) atoms. The number of carbonyl (C=O) groups is 1. The van der Waals surface area contributed by atoms with E-state index in [4.69, 9.17) is 28.4 Å². The minimum atomic E-state index is -2.52. The molecule has 0 aromatic heterocycles. The predicted molar refractivity (Wildman–Crippen MR) is 179 cm³/mol. The number of aliphatic hydroxyl groups excluding tert-OH is 3. The molecule has 10 atom stereocenters. The van der Waals surface area contributed by atoms with Crippen LogP contribution in [0.3, 0.4) is 0 Å². The summed E-state index contributed by atoms with van der Waals surface area (Å²) in [4.78, 5) is 12.7. The molecule has 0 amide bonds. The normalized spacial score (nSPS) is 35.3. The Labute approximate surface area is 297 Å². The molecule has 2 fully saturated rings. The number of hydrogen-bond acceptors (Lipinski definition) is 15. The summed E-state index contributed by atoms with van der Waals surface area (Å²) >= 11 is 0. The summed E-state index contributed by atoms with van der Waals surface area (Å²) in [6.45, 7) is -0.161. The van der Waals surface area contributed by atoms with Gasteiger partial charge in [-0.05, 0) is 67.9 Å². The molecule has 278 valence electrons. The number of ether oxygens (including phenoxy) is 6. The lowest BCUT2D eigenvalue weighted by Gasteiger charge is -2.58. The van der Waals surface area contributed by atoms with Crippen LogP contribution < -0.4 is 39.6 Å². The Bertz CT molecular complexity index is 1950. The molecule has 16 nitrogen and oxygen atoms in total. The van der Waals surface area contributed by atoms with Gasteiger partial charge in [-0.15, -0.1) is 0 Å². The van der Waals surface area contributed by atoms with Crippen LogP contribution in [0.1, 0.15) is 41.7 Å². The molecule has 3 aromatic carbocycles. The number of phenols is 1. The Kier molecular flexibility index (Phi) is 8.05. The molecule has 1 spiro atoms. The van der Waals surface area contributed by atoms with Gasteiger partial charge in [-0.25, -0.2) is 4.79 Å². The summed E-state index contributed by atoms with van der Waals surface area (Å²) in [5, 5.41) is 75.5. The zero-order valence-electron chi connectivity index (χ0n) is 28.7. The summed E-state index contributed by atoms with van der Waals surface area (Å²) in [7, 11) is 6.37. The van der Waals surface area contributed by atoms with Crippen LogP contribution >= 0.6 is 0 Å². The van der Waals surface area contributed by atoms with Crippen LogP contribution in [0.4, 0.5) is 0 Å². The first-order chi connectivity index (χ1) is 24.9. The summed E-state index contributed by atoms with van der Waals surface area (Å²) in [6.07, 6.45) is -7.10. The quantitative estimate of drug-likeness (QED) is 0.153. The van der Waals surface area contributed by atoms with Crippen molar-refractivity contribution in [3.63, 3.8) is 0 Å². The van der Waals surface area contributed by atoms with E-state index >= 15 is 0 Å². The summed E-state index contributed by atoms with van der Waals surface area (Å²) < 4.78 is 36.8. The monoisotopic (exact) mass is 723 g/mol. The fraction of sp³-hybridized carbons (Fsp3) is 0.472. The number of aromatic hydroxyl groups is 1. The minimum absolute atomic E-state index is 0.0155. The third kappa shape index (κ3) is 4.46. The van der Waals surface area contributed by atoms with E-state index in [9.17, 15) is 35.4 Å². The van der Waals surface area contributed by atoms with Crippen LogP contribution in [0, 0.1) is 0 Å². The van der Waals surface area contributed by atoms with Crippen LogP contribution in [-0.2, 0) is 14.9 Å². The molecule has 0 unspecified atom stereocenters. The molecule has 0 saturated carbocycles. The number of carboxylic acid groups (broad SMARTS) is 1. The van der Waals surface area contributed by atoms with Gasteiger partial charge in [0.25, 0.3) is 0 Å². The van der Waals surface area contributed by atoms with Crippen LogP contribution in [0.15, 0.2) is 42.5 Å². The first-order valence-electron chi connectivity index (χ1n) is 16.9. The average molecular weight is 724 g/mol. The lowest BCUT2D eigenvalue weighted by atomic mass is 9.63. The number of hydrogen-bond donors (Lipinski definition) is 9. The number of fused-ring (bicyclic) bond motifs is 4. The fourth-order valence-electron chi connectivity index (χ4n) is 8.93. The van der Waals surface area contributed by atoms with Crippen molar-refractivity contribution in [1.82, 2.24) is 16.0 Å². The second-order valence-corrected chi connectivity index (χ2v) is 13.8. The van der Waals surface area contributed by atoms with Crippen molar-refractivity contribution >= 4 is 5.97 Å². The molecular weight excluding hydrogens is 682 g/mol. The van der Waals surface area contributed by atoms with Crippen LogP contribution in [0.2, 0.25) is 0 Å². The number of rotatable bonds is 8. The van der Waals surface area contributed by atoms with E-state index in [0.29, 0.717) is 46.8 Å². The lowest BCUT2D eigenvalue weighted by Crippen LogP contribution is -2.87. The van der Waals surface area contributed by atoms with Gasteiger partial charge in [-0.3, -0.25) is 5.32 Å². The third-order valence-corrected chi connectivity index (χ3v) is 11.5. The molecular formula is C36H41N3O13. The number of aliphatic carboxylic acids is 1. The smallest absolute Gasteiger partial charge is 0.340 e. The molecule has 2 bridgehead atoms. The molecule has 16 heteroatoms. The van der Waals surface area contributed by atoms with E-state index in [0.717, 1.165) is 11.1 Å². The average Bonchev–Trinajstić information content (AvgIpc) is 3.49. The van der Waals surface area contributed by atoms with Gasteiger partial charge >= 0.3 is 5.97 Å². The van der Waals surface area contributed by atoms with Crippen molar-refractivity contribution in [2.75, 3.05) is 34.9 Å². The fourth-order valence-corrected chi connectivity index (χ4v) is 8.93. The molecule has 0 radical (unpaired) electrons. The number of likely N-dealkylation sites (N-methyl/N-ethyl adjacent to an activating group) is 1. The Morgan fingerprint density at radius 2 is 1.83 bits per heavy atom. The highest BCUT2D eigenvalue weighted by molar-refractivity contribution is 5.81. The zero-order chi connectivity index (χ0) is 36.9. The standard InChI is InChI=1S/C36H41N3O13/c1-37-20-8-9-34-25-19(20)13-22(47-3)26(48-4)27(25)51-29(34)24-18(15-6-5-7-16(40)10-15)11-17(12-21(24)50-33(34)45)49-30-28(41)36(46)31(42)35(52-30,32(43)44)23(38-2)14-39-36/h5-7,10-13,20,23,28-31,33,37-42,45-46H,8-9,14H2,1-4H3,(H,43,44)/t20-,23-,28-,29-,30-,31+,33+,34-,35-,36-/m0/s1. The van der Waals surface area contributed by atoms with Gasteiger partial charge in [-0.1, -0.05) is 12.1 Å². The number of piperidine rings is 1.